The Balaban J connectivity index is 1.96. The van der Waals surface area contributed by atoms with Crippen LogP contribution >= 0.6 is 11.6 Å². The van der Waals surface area contributed by atoms with E-state index in [4.69, 9.17) is 21.6 Å². The van der Waals surface area contributed by atoms with Gasteiger partial charge in [-0.1, -0.05) is 30.9 Å². The van der Waals surface area contributed by atoms with E-state index in [0.717, 1.165) is 6.61 Å². The van der Waals surface area contributed by atoms with Gasteiger partial charge in [0.1, 0.15) is 11.8 Å². The van der Waals surface area contributed by atoms with Crippen LogP contribution in [0.3, 0.4) is 0 Å². The predicted molar refractivity (Wildman–Crippen MR) is 68.2 cm³/mol. The molecule has 0 aliphatic heterocycles. The van der Waals surface area contributed by atoms with E-state index in [2.05, 4.69) is 6.07 Å². The van der Waals surface area contributed by atoms with Crippen molar-refractivity contribution in [1.29, 1.82) is 5.26 Å². The summed E-state index contributed by atoms with van der Waals surface area (Å²) in [5.41, 5.74) is 0.522. The Morgan fingerprint density at radius 3 is 2.76 bits per heavy atom. The van der Waals surface area contributed by atoms with Gasteiger partial charge in [-0.25, -0.2) is 0 Å². The second kappa shape index (κ2) is 5.93. The van der Waals surface area contributed by atoms with E-state index in [-0.39, 0.29) is 0 Å². The molecule has 1 saturated carbocycles. The minimum Gasteiger partial charge on any atom is -0.492 e. The van der Waals surface area contributed by atoms with Crippen molar-refractivity contribution in [2.45, 2.75) is 32.1 Å². The Labute approximate surface area is 107 Å². The third kappa shape index (κ3) is 3.38. The van der Waals surface area contributed by atoms with Crippen LogP contribution in [0.4, 0.5) is 0 Å². The van der Waals surface area contributed by atoms with Gasteiger partial charge >= 0.3 is 0 Å². The van der Waals surface area contributed by atoms with Gasteiger partial charge < -0.3 is 4.74 Å². The summed E-state index contributed by atoms with van der Waals surface area (Å²) in [7, 11) is 0. The topological polar surface area (TPSA) is 33.0 Å². The molecule has 90 valence electrons. The van der Waals surface area contributed by atoms with Crippen LogP contribution in [0.15, 0.2) is 18.2 Å². The Bertz CT molecular complexity index is 419. The Morgan fingerprint density at radius 1 is 1.29 bits per heavy atom. The van der Waals surface area contributed by atoms with Crippen LogP contribution in [0.1, 0.15) is 37.7 Å². The molecule has 0 spiro atoms. The number of nitrogens with zero attached hydrogens (tertiary/aromatic N) is 1. The molecule has 0 heterocycles. The van der Waals surface area contributed by atoms with Gasteiger partial charge in [-0.05, 0) is 37.0 Å². The van der Waals surface area contributed by atoms with Crippen molar-refractivity contribution in [3.8, 4) is 11.8 Å². The smallest absolute Gasteiger partial charge is 0.137 e. The molecule has 1 aliphatic carbocycles. The SMILES string of the molecule is N#Cc1cc(Cl)ccc1OCC1CCCCC1. The molecule has 2 rings (SSSR count). The van der Waals surface area contributed by atoms with Gasteiger partial charge in [-0.3, -0.25) is 0 Å². The lowest BCUT2D eigenvalue weighted by atomic mass is 9.90. The molecule has 1 aromatic rings. The maximum Gasteiger partial charge on any atom is 0.137 e. The molecule has 1 aliphatic rings. The van der Waals surface area contributed by atoms with E-state index in [9.17, 15) is 0 Å². The van der Waals surface area contributed by atoms with E-state index in [1.807, 2.05) is 0 Å². The highest BCUT2D eigenvalue weighted by atomic mass is 35.5. The van der Waals surface area contributed by atoms with Gasteiger partial charge in [0.15, 0.2) is 0 Å². The lowest BCUT2D eigenvalue weighted by Crippen LogP contribution is -2.15. The normalized spacial score (nSPS) is 16.5. The molecular formula is C14H16ClNO. The molecule has 1 fully saturated rings. The number of benzene rings is 1. The van der Waals surface area contributed by atoms with Gasteiger partial charge in [0.2, 0.25) is 0 Å². The second-order valence-electron chi connectivity index (χ2n) is 4.57. The number of rotatable bonds is 3. The zero-order chi connectivity index (χ0) is 12.1. The van der Waals surface area contributed by atoms with E-state index in [1.165, 1.54) is 32.1 Å². The first-order chi connectivity index (χ1) is 8.29. The summed E-state index contributed by atoms with van der Waals surface area (Å²) in [5, 5.41) is 9.57. The summed E-state index contributed by atoms with van der Waals surface area (Å²) in [6, 6.07) is 7.31. The minimum absolute atomic E-state index is 0.522. The summed E-state index contributed by atoms with van der Waals surface area (Å²) in [6.45, 7) is 0.719. The van der Waals surface area contributed by atoms with Crippen molar-refractivity contribution in [2.24, 2.45) is 5.92 Å². The fraction of sp³-hybridized carbons (Fsp3) is 0.500. The van der Waals surface area contributed by atoms with E-state index in [1.54, 1.807) is 18.2 Å². The van der Waals surface area contributed by atoms with Gasteiger partial charge in [0.05, 0.1) is 12.2 Å². The lowest BCUT2D eigenvalue weighted by molar-refractivity contribution is 0.208. The maximum absolute atomic E-state index is 8.99. The summed E-state index contributed by atoms with van der Waals surface area (Å²) in [5.74, 6) is 1.30. The molecule has 1 aromatic carbocycles. The van der Waals surface area contributed by atoms with Crippen LogP contribution in [0.2, 0.25) is 5.02 Å². The second-order valence-corrected chi connectivity index (χ2v) is 5.00. The predicted octanol–water partition coefficient (Wildman–Crippen LogP) is 4.17. The molecular weight excluding hydrogens is 234 g/mol. The number of halogens is 1. The van der Waals surface area contributed by atoms with Gasteiger partial charge in [-0.2, -0.15) is 5.26 Å². The number of hydrogen-bond acceptors (Lipinski definition) is 2. The monoisotopic (exact) mass is 249 g/mol. The molecule has 0 amide bonds. The zero-order valence-electron chi connectivity index (χ0n) is 9.79. The highest BCUT2D eigenvalue weighted by molar-refractivity contribution is 6.30. The quantitative estimate of drug-likeness (QED) is 0.805. The maximum atomic E-state index is 8.99. The first-order valence-electron chi connectivity index (χ1n) is 6.12. The number of hydrogen-bond donors (Lipinski definition) is 0. The fourth-order valence-corrected chi connectivity index (χ4v) is 2.45. The van der Waals surface area contributed by atoms with Crippen LogP contribution in [-0.2, 0) is 0 Å². The number of ether oxygens (including phenoxy) is 1. The zero-order valence-corrected chi connectivity index (χ0v) is 10.5. The highest BCUT2D eigenvalue weighted by Crippen LogP contribution is 2.26. The Hall–Kier alpha value is -1.20. The molecule has 3 heteroatoms. The molecule has 2 nitrogen and oxygen atoms in total. The fourth-order valence-electron chi connectivity index (χ4n) is 2.28. The first kappa shape index (κ1) is 12.3. The van der Waals surface area contributed by atoms with Crippen molar-refractivity contribution in [3.63, 3.8) is 0 Å². The van der Waals surface area contributed by atoms with Crippen molar-refractivity contribution in [3.05, 3.63) is 28.8 Å². The van der Waals surface area contributed by atoms with Crippen molar-refractivity contribution >= 4 is 11.6 Å². The van der Waals surface area contributed by atoms with E-state index >= 15 is 0 Å². The largest absolute Gasteiger partial charge is 0.492 e. The molecule has 0 saturated heterocycles. The summed E-state index contributed by atoms with van der Waals surface area (Å²) in [6.07, 6.45) is 6.45. The molecule has 17 heavy (non-hydrogen) atoms. The van der Waals surface area contributed by atoms with Gasteiger partial charge in [-0.15, -0.1) is 0 Å². The molecule has 0 radical (unpaired) electrons. The molecule has 0 unspecified atom stereocenters. The minimum atomic E-state index is 0.522. The number of nitriles is 1. The van der Waals surface area contributed by atoms with E-state index < -0.39 is 0 Å². The Morgan fingerprint density at radius 2 is 2.06 bits per heavy atom. The van der Waals surface area contributed by atoms with Crippen LogP contribution in [0, 0.1) is 17.2 Å². The van der Waals surface area contributed by atoms with Gasteiger partial charge in [0.25, 0.3) is 0 Å². The third-order valence-electron chi connectivity index (χ3n) is 3.26. The van der Waals surface area contributed by atoms with Crippen LogP contribution in [0.5, 0.6) is 5.75 Å². The molecule has 0 aromatic heterocycles. The molecule has 0 atom stereocenters. The average Bonchev–Trinajstić information content (AvgIpc) is 2.38. The van der Waals surface area contributed by atoms with Crippen molar-refractivity contribution in [2.75, 3.05) is 6.61 Å². The summed E-state index contributed by atoms with van der Waals surface area (Å²) < 4.78 is 5.74. The highest BCUT2D eigenvalue weighted by Gasteiger charge is 2.14. The van der Waals surface area contributed by atoms with Crippen LogP contribution in [0.25, 0.3) is 0 Å². The lowest BCUT2D eigenvalue weighted by Gasteiger charge is -2.21. The van der Waals surface area contributed by atoms with Crippen molar-refractivity contribution in [1.82, 2.24) is 0 Å². The standard InChI is InChI=1S/C14H16ClNO/c15-13-6-7-14(12(8-13)9-16)17-10-11-4-2-1-3-5-11/h6-8,11H,1-5,10H2. The molecule has 0 bridgehead atoms. The van der Waals surface area contributed by atoms with Crippen LogP contribution < -0.4 is 4.74 Å². The molecule has 0 N–H and O–H groups in total. The third-order valence-corrected chi connectivity index (χ3v) is 3.50. The van der Waals surface area contributed by atoms with Crippen LogP contribution in [-0.4, -0.2) is 6.61 Å². The summed E-state index contributed by atoms with van der Waals surface area (Å²) >= 11 is 5.84. The van der Waals surface area contributed by atoms with Gasteiger partial charge in [0, 0.05) is 5.02 Å². The average molecular weight is 250 g/mol. The van der Waals surface area contributed by atoms with Crippen molar-refractivity contribution < 1.29 is 4.74 Å². The Kier molecular flexibility index (Phi) is 4.28. The van der Waals surface area contributed by atoms with E-state index in [0.29, 0.717) is 22.3 Å². The first-order valence-corrected chi connectivity index (χ1v) is 6.50. The summed E-state index contributed by atoms with van der Waals surface area (Å²) in [4.78, 5) is 0.